The Labute approximate surface area is 109 Å². The summed E-state index contributed by atoms with van der Waals surface area (Å²) in [5.41, 5.74) is 5.20. The molecule has 0 bridgehead atoms. The van der Waals surface area contributed by atoms with E-state index >= 15 is 0 Å². The van der Waals surface area contributed by atoms with Crippen LogP contribution in [0, 0.1) is 11.8 Å². The molecule has 4 N–H and O–H groups in total. The molecule has 2 atom stereocenters. The Balaban J connectivity index is 4.12. The first kappa shape index (κ1) is 16.9. The fourth-order valence-electron chi connectivity index (χ4n) is 1.64. The van der Waals surface area contributed by atoms with E-state index in [9.17, 15) is 14.7 Å². The van der Waals surface area contributed by atoms with Crippen LogP contribution in [0.1, 0.15) is 47.0 Å². The number of nitrogens with one attached hydrogen (secondary N) is 1. The third kappa shape index (κ3) is 7.27. The smallest absolute Gasteiger partial charge is 0.240 e. The molecular weight excluding hydrogens is 232 g/mol. The Morgan fingerprint density at radius 3 is 2.11 bits per heavy atom. The lowest BCUT2D eigenvalue weighted by Crippen LogP contribution is -2.48. The Kier molecular flexibility index (Phi) is 7.59. The number of nitrogens with two attached hydrogens (primary N) is 1. The fraction of sp³-hybridized carbons (Fsp3) is 0.846. The molecule has 0 saturated carbocycles. The van der Waals surface area contributed by atoms with Crippen LogP contribution in [0.15, 0.2) is 0 Å². The van der Waals surface area contributed by atoms with Crippen LogP contribution in [0.25, 0.3) is 0 Å². The summed E-state index contributed by atoms with van der Waals surface area (Å²) in [5, 5.41) is 12.2. The summed E-state index contributed by atoms with van der Waals surface area (Å²) >= 11 is 0. The second-order valence-corrected chi connectivity index (χ2v) is 5.52. The third-order valence-electron chi connectivity index (χ3n) is 2.79. The normalized spacial score (nSPS) is 14.6. The van der Waals surface area contributed by atoms with Crippen molar-refractivity contribution < 1.29 is 14.7 Å². The van der Waals surface area contributed by atoms with Crippen LogP contribution in [0.2, 0.25) is 0 Å². The van der Waals surface area contributed by atoms with Gasteiger partial charge in [0.25, 0.3) is 0 Å². The van der Waals surface area contributed by atoms with Crippen molar-refractivity contribution in [2.45, 2.75) is 59.1 Å². The lowest BCUT2D eigenvalue weighted by atomic mass is 10.0. The molecule has 2 amide bonds. The Morgan fingerprint density at radius 1 is 1.17 bits per heavy atom. The number of hydrogen-bond acceptors (Lipinski definition) is 3. The minimum atomic E-state index is -0.671. The zero-order valence-corrected chi connectivity index (χ0v) is 11.8. The maximum Gasteiger partial charge on any atom is 0.240 e. The van der Waals surface area contributed by atoms with Gasteiger partial charge in [-0.2, -0.15) is 0 Å². The highest BCUT2D eigenvalue weighted by molar-refractivity contribution is 5.86. The lowest BCUT2D eigenvalue weighted by Gasteiger charge is -2.20. The van der Waals surface area contributed by atoms with Gasteiger partial charge in [-0.15, -0.1) is 0 Å². The number of rotatable bonds is 8. The fourth-order valence-corrected chi connectivity index (χ4v) is 1.64. The summed E-state index contributed by atoms with van der Waals surface area (Å²) in [7, 11) is 0. The van der Waals surface area contributed by atoms with E-state index in [-0.39, 0.29) is 18.2 Å². The van der Waals surface area contributed by atoms with E-state index in [0.29, 0.717) is 12.3 Å². The predicted molar refractivity (Wildman–Crippen MR) is 70.7 cm³/mol. The SMILES string of the molecule is CC(C)CC[C@H](O)CC(=O)NC(C(N)=O)C(C)C. The number of carbonyl (C=O) groups is 2. The molecule has 0 aliphatic heterocycles. The Bertz CT molecular complexity index is 277. The molecule has 0 rings (SSSR count). The van der Waals surface area contributed by atoms with Gasteiger partial charge in [-0.3, -0.25) is 9.59 Å². The number of carbonyl (C=O) groups excluding carboxylic acids is 2. The van der Waals surface area contributed by atoms with E-state index in [1.54, 1.807) is 0 Å². The van der Waals surface area contributed by atoms with Crippen molar-refractivity contribution >= 4 is 11.8 Å². The highest BCUT2D eigenvalue weighted by atomic mass is 16.3. The van der Waals surface area contributed by atoms with Gasteiger partial charge in [0.15, 0.2) is 0 Å². The van der Waals surface area contributed by atoms with Gasteiger partial charge in [0.1, 0.15) is 6.04 Å². The van der Waals surface area contributed by atoms with Gasteiger partial charge in [-0.1, -0.05) is 27.7 Å². The van der Waals surface area contributed by atoms with Gasteiger partial charge < -0.3 is 16.2 Å². The molecule has 106 valence electrons. The van der Waals surface area contributed by atoms with Crippen LogP contribution >= 0.6 is 0 Å². The second kappa shape index (κ2) is 8.08. The van der Waals surface area contributed by atoms with Crippen molar-refractivity contribution in [2.75, 3.05) is 0 Å². The number of primary amides is 1. The van der Waals surface area contributed by atoms with E-state index in [2.05, 4.69) is 19.2 Å². The Hall–Kier alpha value is -1.10. The van der Waals surface area contributed by atoms with Gasteiger partial charge in [0.2, 0.25) is 11.8 Å². The molecule has 1 unspecified atom stereocenters. The first-order valence-electron chi connectivity index (χ1n) is 6.50. The summed E-state index contributed by atoms with van der Waals surface area (Å²) in [6.45, 7) is 7.75. The lowest BCUT2D eigenvalue weighted by molar-refractivity contribution is -0.129. The minimum Gasteiger partial charge on any atom is -0.393 e. The average molecular weight is 258 g/mol. The maximum absolute atomic E-state index is 11.6. The molecule has 0 saturated heterocycles. The number of aliphatic hydroxyl groups is 1. The molecule has 5 nitrogen and oxygen atoms in total. The number of hydrogen-bond donors (Lipinski definition) is 3. The predicted octanol–water partition coefficient (Wildman–Crippen LogP) is 0.800. The minimum absolute atomic E-state index is 0.0171. The van der Waals surface area contributed by atoms with Crippen molar-refractivity contribution in [3.8, 4) is 0 Å². The van der Waals surface area contributed by atoms with Crippen molar-refractivity contribution in [1.29, 1.82) is 0 Å². The van der Waals surface area contributed by atoms with Crippen LogP contribution in [0.3, 0.4) is 0 Å². The molecular formula is C13H26N2O3. The quantitative estimate of drug-likeness (QED) is 0.601. The second-order valence-electron chi connectivity index (χ2n) is 5.52. The maximum atomic E-state index is 11.6. The standard InChI is InChI=1S/C13H26N2O3/c1-8(2)5-6-10(16)7-11(17)15-12(9(3)4)13(14)18/h8-10,12,16H,5-7H2,1-4H3,(H2,14,18)(H,15,17)/t10-,12?/m0/s1. The molecule has 0 aromatic carbocycles. The van der Waals surface area contributed by atoms with Gasteiger partial charge in [-0.25, -0.2) is 0 Å². The van der Waals surface area contributed by atoms with E-state index < -0.39 is 18.1 Å². The summed E-state index contributed by atoms with van der Waals surface area (Å²) in [6.07, 6.45) is 0.822. The molecule has 0 aromatic heterocycles. The van der Waals surface area contributed by atoms with Crippen LogP contribution in [-0.4, -0.2) is 29.1 Å². The van der Waals surface area contributed by atoms with E-state index in [1.807, 2.05) is 13.8 Å². The molecule has 0 aromatic rings. The summed E-state index contributed by atoms with van der Waals surface area (Å²) in [5.74, 6) is -0.435. The van der Waals surface area contributed by atoms with Gasteiger partial charge in [0, 0.05) is 0 Å². The summed E-state index contributed by atoms with van der Waals surface area (Å²) in [6, 6.07) is -0.671. The molecule has 18 heavy (non-hydrogen) atoms. The van der Waals surface area contributed by atoms with Gasteiger partial charge >= 0.3 is 0 Å². The molecule has 0 radical (unpaired) electrons. The zero-order chi connectivity index (χ0) is 14.3. The largest absolute Gasteiger partial charge is 0.393 e. The molecule has 0 fully saturated rings. The van der Waals surface area contributed by atoms with E-state index in [0.717, 1.165) is 6.42 Å². The molecule has 5 heteroatoms. The first-order valence-corrected chi connectivity index (χ1v) is 6.50. The molecule has 0 heterocycles. The number of aliphatic hydroxyl groups excluding tert-OH is 1. The highest BCUT2D eigenvalue weighted by Gasteiger charge is 2.22. The average Bonchev–Trinajstić information content (AvgIpc) is 2.22. The van der Waals surface area contributed by atoms with Gasteiger partial charge in [-0.05, 0) is 24.7 Å². The van der Waals surface area contributed by atoms with Crippen molar-refractivity contribution in [3.63, 3.8) is 0 Å². The topological polar surface area (TPSA) is 92.4 Å². The van der Waals surface area contributed by atoms with Crippen LogP contribution < -0.4 is 11.1 Å². The summed E-state index contributed by atoms with van der Waals surface area (Å²) < 4.78 is 0. The number of amides is 2. The van der Waals surface area contributed by atoms with Crippen LogP contribution in [-0.2, 0) is 9.59 Å². The van der Waals surface area contributed by atoms with Crippen molar-refractivity contribution in [2.24, 2.45) is 17.6 Å². The zero-order valence-electron chi connectivity index (χ0n) is 11.8. The molecule has 0 spiro atoms. The monoisotopic (exact) mass is 258 g/mol. The first-order chi connectivity index (χ1) is 8.23. The van der Waals surface area contributed by atoms with E-state index in [4.69, 9.17) is 5.73 Å². The van der Waals surface area contributed by atoms with Crippen molar-refractivity contribution in [3.05, 3.63) is 0 Å². The van der Waals surface area contributed by atoms with Gasteiger partial charge in [0.05, 0.1) is 12.5 Å². The molecule has 0 aliphatic rings. The highest BCUT2D eigenvalue weighted by Crippen LogP contribution is 2.09. The molecule has 0 aliphatic carbocycles. The summed E-state index contributed by atoms with van der Waals surface area (Å²) in [4.78, 5) is 22.8. The van der Waals surface area contributed by atoms with Crippen molar-refractivity contribution in [1.82, 2.24) is 5.32 Å². The Morgan fingerprint density at radius 2 is 1.72 bits per heavy atom. The van der Waals surface area contributed by atoms with Crippen LogP contribution in [0.4, 0.5) is 0 Å². The van der Waals surface area contributed by atoms with Crippen LogP contribution in [0.5, 0.6) is 0 Å². The third-order valence-corrected chi connectivity index (χ3v) is 2.79. The van der Waals surface area contributed by atoms with E-state index in [1.165, 1.54) is 0 Å².